The third kappa shape index (κ3) is 4.01. The first kappa shape index (κ1) is 18.8. The van der Waals surface area contributed by atoms with E-state index in [4.69, 9.17) is 0 Å². The van der Waals surface area contributed by atoms with E-state index in [9.17, 15) is 4.79 Å². The molecule has 4 rings (SSSR count). The number of nitrogens with zero attached hydrogens (tertiary/aromatic N) is 3. The molecule has 2 aromatic carbocycles. The molecule has 0 atom stereocenters. The number of anilines is 2. The third-order valence-electron chi connectivity index (χ3n) is 4.96. The summed E-state index contributed by atoms with van der Waals surface area (Å²) in [6.45, 7) is 7.88. The second kappa shape index (κ2) is 7.47. The number of H-pyrrole nitrogens is 1. The van der Waals surface area contributed by atoms with Crippen molar-refractivity contribution in [3.8, 4) is 0 Å². The van der Waals surface area contributed by atoms with Crippen molar-refractivity contribution >= 4 is 22.8 Å². The third-order valence-corrected chi connectivity index (χ3v) is 4.96. The molecule has 0 spiro atoms. The Morgan fingerprint density at radius 1 is 0.897 bits per heavy atom. The molecule has 6 nitrogen and oxygen atoms in total. The van der Waals surface area contributed by atoms with Crippen LogP contribution in [0.4, 0.5) is 11.9 Å². The van der Waals surface area contributed by atoms with Crippen LogP contribution < -0.4 is 10.9 Å². The fourth-order valence-electron chi connectivity index (χ4n) is 3.46. The van der Waals surface area contributed by atoms with E-state index in [0.29, 0.717) is 29.6 Å². The monoisotopic (exact) mass is 385 g/mol. The number of benzene rings is 2. The lowest BCUT2D eigenvalue weighted by atomic mass is 10.0. The molecule has 2 N–H and O–H groups in total. The van der Waals surface area contributed by atoms with Gasteiger partial charge in [0.1, 0.15) is 0 Å². The maximum atomic E-state index is 12.7. The molecule has 0 saturated heterocycles. The Morgan fingerprint density at radius 3 is 2.45 bits per heavy atom. The fraction of sp³-hybridized carbons (Fsp3) is 0.217. The summed E-state index contributed by atoms with van der Waals surface area (Å²) in [5.74, 6) is 0.749. The number of fused-ring (bicyclic) bond motifs is 1. The number of rotatable bonds is 4. The molecule has 4 aromatic rings. The van der Waals surface area contributed by atoms with Gasteiger partial charge in [0.05, 0.1) is 16.9 Å². The zero-order valence-corrected chi connectivity index (χ0v) is 17.0. The Kier molecular flexibility index (Phi) is 4.84. The van der Waals surface area contributed by atoms with Gasteiger partial charge in [-0.25, -0.2) is 15.0 Å². The molecule has 2 heterocycles. The predicted molar refractivity (Wildman–Crippen MR) is 116 cm³/mol. The van der Waals surface area contributed by atoms with Gasteiger partial charge in [-0.15, -0.1) is 0 Å². The smallest absolute Gasteiger partial charge is 0.256 e. The molecule has 0 saturated carbocycles. The Bertz CT molecular complexity index is 1280. The van der Waals surface area contributed by atoms with Crippen molar-refractivity contribution in [1.29, 1.82) is 0 Å². The normalized spacial score (nSPS) is 11.0. The van der Waals surface area contributed by atoms with Crippen molar-refractivity contribution < 1.29 is 0 Å². The van der Waals surface area contributed by atoms with Gasteiger partial charge in [-0.1, -0.05) is 41.5 Å². The SMILES string of the molecule is Cc1cccc(Cc2c(C)nc(Nc3nc(C)c4cc(C)ccc4n3)[nH]c2=O)c1. The average Bonchev–Trinajstić information content (AvgIpc) is 2.65. The highest BCUT2D eigenvalue weighted by atomic mass is 16.1. The lowest BCUT2D eigenvalue weighted by molar-refractivity contribution is 0.977. The van der Waals surface area contributed by atoms with Crippen molar-refractivity contribution in [2.45, 2.75) is 34.1 Å². The zero-order valence-electron chi connectivity index (χ0n) is 17.0. The van der Waals surface area contributed by atoms with Crippen LogP contribution in [0.2, 0.25) is 0 Å². The minimum atomic E-state index is -0.158. The van der Waals surface area contributed by atoms with E-state index in [-0.39, 0.29) is 5.56 Å². The van der Waals surface area contributed by atoms with Crippen LogP contribution in [0.3, 0.4) is 0 Å². The van der Waals surface area contributed by atoms with E-state index in [1.165, 1.54) is 5.56 Å². The van der Waals surface area contributed by atoms with E-state index in [1.807, 2.05) is 58.0 Å². The summed E-state index contributed by atoms with van der Waals surface area (Å²) in [5.41, 5.74) is 6.33. The van der Waals surface area contributed by atoms with Gasteiger partial charge < -0.3 is 0 Å². The second-order valence-corrected chi connectivity index (χ2v) is 7.42. The van der Waals surface area contributed by atoms with Crippen molar-refractivity contribution in [2.75, 3.05) is 5.32 Å². The predicted octanol–water partition coefficient (Wildman–Crippen LogP) is 4.28. The van der Waals surface area contributed by atoms with Gasteiger partial charge >= 0.3 is 0 Å². The van der Waals surface area contributed by atoms with Crippen LogP contribution in [0.1, 0.15) is 33.6 Å². The van der Waals surface area contributed by atoms with Crippen molar-refractivity contribution in [1.82, 2.24) is 19.9 Å². The minimum Gasteiger partial charge on any atom is -0.294 e. The number of hydrogen-bond acceptors (Lipinski definition) is 5. The highest BCUT2D eigenvalue weighted by Gasteiger charge is 2.11. The van der Waals surface area contributed by atoms with Crippen LogP contribution in [0.15, 0.2) is 47.3 Å². The van der Waals surface area contributed by atoms with Gasteiger partial charge in [0, 0.05) is 17.4 Å². The molecule has 0 radical (unpaired) electrons. The van der Waals surface area contributed by atoms with Crippen LogP contribution >= 0.6 is 0 Å². The number of aryl methyl sites for hydroxylation is 4. The van der Waals surface area contributed by atoms with Crippen LogP contribution in [0, 0.1) is 27.7 Å². The molecular weight excluding hydrogens is 362 g/mol. The molecule has 0 fully saturated rings. The van der Waals surface area contributed by atoms with E-state index < -0.39 is 0 Å². The molecule has 0 unspecified atom stereocenters. The summed E-state index contributed by atoms with van der Waals surface area (Å²) in [6, 6.07) is 14.2. The molecule has 0 aliphatic heterocycles. The second-order valence-electron chi connectivity index (χ2n) is 7.42. The van der Waals surface area contributed by atoms with E-state index in [0.717, 1.165) is 27.7 Å². The topological polar surface area (TPSA) is 83.6 Å². The highest BCUT2D eigenvalue weighted by molar-refractivity contribution is 5.82. The molecule has 0 aliphatic rings. The van der Waals surface area contributed by atoms with Gasteiger partial charge in [-0.05, 0) is 45.4 Å². The highest BCUT2D eigenvalue weighted by Crippen LogP contribution is 2.20. The summed E-state index contributed by atoms with van der Waals surface area (Å²) in [6.07, 6.45) is 0.543. The number of aromatic amines is 1. The van der Waals surface area contributed by atoms with Crippen molar-refractivity contribution in [3.63, 3.8) is 0 Å². The Morgan fingerprint density at radius 2 is 1.69 bits per heavy atom. The summed E-state index contributed by atoms with van der Waals surface area (Å²) in [4.78, 5) is 29.1. The summed E-state index contributed by atoms with van der Waals surface area (Å²) in [7, 11) is 0. The molecule has 29 heavy (non-hydrogen) atoms. The van der Waals surface area contributed by atoms with E-state index in [1.54, 1.807) is 0 Å². The lowest BCUT2D eigenvalue weighted by Crippen LogP contribution is -2.19. The van der Waals surface area contributed by atoms with Gasteiger partial charge in [0.25, 0.3) is 5.56 Å². The van der Waals surface area contributed by atoms with Crippen LogP contribution in [-0.4, -0.2) is 19.9 Å². The largest absolute Gasteiger partial charge is 0.294 e. The molecule has 6 heteroatoms. The maximum absolute atomic E-state index is 12.7. The summed E-state index contributed by atoms with van der Waals surface area (Å²) >= 11 is 0. The van der Waals surface area contributed by atoms with Crippen LogP contribution in [0.5, 0.6) is 0 Å². The Hall–Kier alpha value is -3.54. The minimum absolute atomic E-state index is 0.158. The first-order valence-electron chi connectivity index (χ1n) is 9.56. The summed E-state index contributed by atoms with van der Waals surface area (Å²) < 4.78 is 0. The average molecular weight is 385 g/mol. The zero-order chi connectivity index (χ0) is 20.5. The van der Waals surface area contributed by atoms with Gasteiger partial charge in [0.2, 0.25) is 11.9 Å². The number of nitrogens with one attached hydrogen (secondary N) is 2. The van der Waals surface area contributed by atoms with Crippen LogP contribution in [0.25, 0.3) is 10.9 Å². The van der Waals surface area contributed by atoms with Gasteiger partial charge in [0.15, 0.2) is 0 Å². The summed E-state index contributed by atoms with van der Waals surface area (Å²) in [5, 5.41) is 4.06. The Labute approximate surface area is 169 Å². The first-order valence-corrected chi connectivity index (χ1v) is 9.56. The maximum Gasteiger partial charge on any atom is 0.256 e. The quantitative estimate of drug-likeness (QED) is 0.548. The number of aromatic nitrogens is 4. The molecule has 0 aliphatic carbocycles. The Balaban J connectivity index is 1.64. The van der Waals surface area contributed by atoms with Crippen molar-refractivity contribution in [3.05, 3.63) is 86.5 Å². The van der Waals surface area contributed by atoms with Gasteiger partial charge in [-0.3, -0.25) is 15.1 Å². The molecular formula is C23H23N5O. The van der Waals surface area contributed by atoms with E-state index in [2.05, 4.69) is 37.4 Å². The van der Waals surface area contributed by atoms with Crippen molar-refractivity contribution in [2.24, 2.45) is 0 Å². The van der Waals surface area contributed by atoms with Crippen LogP contribution in [-0.2, 0) is 6.42 Å². The molecule has 146 valence electrons. The van der Waals surface area contributed by atoms with E-state index >= 15 is 0 Å². The molecule has 2 aromatic heterocycles. The molecule has 0 bridgehead atoms. The first-order chi connectivity index (χ1) is 13.9. The van der Waals surface area contributed by atoms with Gasteiger partial charge in [-0.2, -0.15) is 0 Å². The molecule has 0 amide bonds. The number of hydrogen-bond donors (Lipinski definition) is 2. The standard InChI is InChI=1S/C23H23N5O/c1-13-6-5-7-17(10-13)12-19-16(4)25-23(27-21(19)29)28-22-24-15(3)18-11-14(2)8-9-20(18)26-22/h5-11H,12H2,1-4H3,(H2,24,25,26,27,28,29). The fourth-order valence-corrected chi connectivity index (χ4v) is 3.46. The lowest BCUT2D eigenvalue weighted by Gasteiger charge is -2.10.